The minimum Gasteiger partial charge on any atom is -0.330 e. The molecule has 0 spiro atoms. The fraction of sp³-hybridized carbons (Fsp3) is 1.00. The molecule has 0 radical (unpaired) electrons. The first kappa shape index (κ1) is 13.4. The second-order valence-electron chi connectivity index (χ2n) is 6.88. The molecule has 2 aliphatic carbocycles. The molecular weight excluding hydrogens is 208 g/mol. The number of nitrogens with zero attached hydrogens (tertiary/aromatic N) is 1. The first-order valence-electron chi connectivity index (χ1n) is 7.52. The molecule has 0 aromatic heterocycles. The molecule has 2 rings (SSSR count). The van der Waals surface area contributed by atoms with E-state index in [2.05, 4.69) is 18.9 Å². The van der Waals surface area contributed by atoms with E-state index in [1.54, 1.807) is 0 Å². The fourth-order valence-corrected chi connectivity index (χ4v) is 3.55. The van der Waals surface area contributed by atoms with Crippen molar-refractivity contribution in [1.82, 2.24) is 4.90 Å². The molecule has 0 aromatic carbocycles. The lowest BCUT2D eigenvalue weighted by Crippen LogP contribution is -2.45. The molecule has 2 heteroatoms. The maximum absolute atomic E-state index is 6.08. The van der Waals surface area contributed by atoms with Gasteiger partial charge in [0.1, 0.15) is 0 Å². The van der Waals surface area contributed by atoms with Crippen LogP contribution in [0.25, 0.3) is 0 Å². The minimum absolute atomic E-state index is 0.436. The molecule has 2 saturated carbocycles. The molecule has 2 fully saturated rings. The SMILES string of the molecule is CC1CCC(CN)(CN(C)CC2CCC2)CC1. The molecule has 0 saturated heterocycles. The number of rotatable bonds is 5. The summed E-state index contributed by atoms with van der Waals surface area (Å²) < 4.78 is 0. The number of hydrogen-bond donors (Lipinski definition) is 1. The highest BCUT2D eigenvalue weighted by Crippen LogP contribution is 2.39. The lowest BCUT2D eigenvalue weighted by atomic mass is 9.70. The van der Waals surface area contributed by atoms with E-state index in [-0.39, 0.29) is 0 Å². The van der Waals surface area contributed by atoms with E-state index in [9.17, 15) is 0 Å². The Kier molecular flexibility index (Phi) is 4.48. The van der Waals surface area contributed by atoms with Gasteiger partial charge >= 0.3 is 0 Å². The van der Waals surface area contributed by atoms with Gasteiger partial charge in [0.25, 0.3) is 0 Å². The molecule has 0 heterocycles. The Bertz CT molecular complexity index is 227. The number of nitrogens with two attached hydrogens (primary N) is 1. The Labute approximate surface area is 107 Å². The highest BCUT2D eigenvalue weighted by Gasteiger charge is 2.34. The van der Waals surface area contributed by atoms with E-state index < -0.39 is 0 Å². The van der Waals surface area contributed by atoms with Crippen molar-refractivity contribution in [3.8, 4) is 0 Å². The Balaban J connectivity index is 1.80. The smallest absolute Gasteiger partial charge is 0.00471 e. The first-order chi connectivity index (χ1) is 8.13. The van der Waals surface area contributed by atoms with Crippen LogP contribution in [0.4, 0.5) is 0 Å². The molecule has 2 nitrogen and oxygen atoms in total. The zero-order chi connectivity index (χ0) is 12.3. The zero-order valence-corrected chi connectivity index (χ0v) is 11.8. The van der Waals surface area contributed by atoms with E-state index in [0.29, 0.717) is 5.41 Å². The summed E-state index contributed by atoms with van der Waals surface area (Å²) in [4.78, 5) is 2.56. The van der Waals surface area contributed by atoms with Gasteiger partial charge in [0.2, 0.25) is 0 Å². The summed E-state index contributed by atoms with van der Waals surface area (Å²) in [5.74, 6) is 1.91. The first-order valence-corrected chi connectivity index (χ1v) is 7.52. The van der Waals surface area contributed by atoms with Crippen molar-refractivity contribution in [3.05, 3.63) is 0 Å². The monoisotopic (exact) mass is 238 g/mol. The largest absolute Gasteiger partial charge is 0.330 e. The van der Waals surface area contributed by atoms with E-state index in [0.717, 1.165) is 18.4 Å². The molecule has 2 aliphatic rings. The van der Waals surface area contributed by atoms with Crippen LogP contribution in [0.2, 0.25) is 0 Å². The topological polar surface area (TPSA) is 29.3 Å². The highest BCUT2D eigenvalue weighted by molar-refractivity contribution is 4.88. The third kappa shape index (κ3) is 3.45. The average molecular weight is 238 g/mol. The quantitative estimate of drug-likeness (QED) is 0.798. The van der Waals surface area contributed by atoms with Crippen molar-refractivity contribution in [1.29, 1.82) is 0 Å². The average Bonchev–Trinajstić information content (AvgIpc) is 2.27. The summed E-state index contributed by atoms with van der Waals surface area (Å²) in [6, 6.07) is 0. The lowest BCUT2D eigenvalue weighted by molar-refractivity contribution is 0.0900. The third-order valence-electron chi connectivity index (χ3n) is 5.17. The van der Waals surface area contributed by atoms with Crippen molar-refractivity contribution in [2.24, 2.45) is 23.0 Å². The summed E-state index contributed by atoms with van der Waals surface area (Å²) in [5.41, 5.74) is 6.52. The summed E-state index contributed by atoms with van der Waals surface area (Å²) in [7, 11) is 2.30. The van der Waals surface area contributed by atoms with Crippen molar-refractivity contribution in [2.75, 3.05) is 26.7 Å². The van der Waals surface area contributed by atoms with Gasteiger partial charge in [-0.3, -0.25) is 0 Å². The van der Waals surface area contributed by atoms with Crippen LogP contribution in [-0.2, 0) is 0 Å². The Morgan fingerprint density at radius 1 is 1.18 bits per heavy atom. The van der Waals surface area contributed by atoms with Gasteiger partial charge in [0, 0.05) is 13.1 Å². The molecule has 0 amide bonds. The Morgan fingerprint density at radius 3 is 2.29 bits per heavy atom. The van der Waals surface area contributed by atoms with E-state index in [1.165, 1.54) is 58.0 Å². The molecule has 0 unspecified atom stereocenters. The highest BCUT2D eigenvalue weighted by atomic mass is 15.1. The zero-order valence-electron chi connectivity index (χ0n) is 11.8. The molecule has 17 heavy (non-hydrogen) atoms. The number of hydrogen-bond acceptors (Lipinski definition) is 2. The summed E-state index contributed by atoms with van der Waals surface area (Å²) in [6.07, 6.45) is 9.83. The lowest BCUT2D eigenvalue weighted by Gasteiger charge is -2.42. The van der Waals surface area contributed by atoms with Crippen LogP contribution < -0.4 is 5.73 Å². The molecule has 0 bridgehead atoms. The predicted molar refractivity (Wildman–Crippen MR) is 74.0 cm³/mol. The predicted octanol–water partition coefficient (Wildman–Crippen LogP) is 2.87. The maximum Gasteiger partial charge on any atom is 0.00471 e. The molecule has 0 aromatic rings. The molecular formula is C15H30N2. The van der Waals surface area contributed by atoms with Gasteiger partial charge in [-0.25, -0.2) is 0 Å². The van der Waals surface area contributed by atoms with Crippen LogP contribution in [0.1, 0.15) is 51.9 Å². The summed E-state index contributed by atoms with van der Waals surface area (Å²) in [5, 5.41) is 0. The molecule has 0 atom stereocenters. The molecule has 2 N–H and O–H groups in total. The van der Waals surface area contributed by atoms with Gasteiger partial charge in [-0.1, -0.05) is 26.2 Å². The molecule has 0 aliphatic heterocycles. The van der Waals surface area contributed by atoms with Crippen molar-refractivity contribution < 1.29 is 0 Å². The van der Waals surface area contributed by atoms with E-state index >= 15 is 0 Å². The second kappa shape index (κ2) is 5.71. The van der Waals surface area contributed by atoms with Crippen LogP contribution in [0.5, 0.6) is 0 Å². The van der Waals surface area contributed by atoms with Crippen molar-refractivity contribution in [3.63, 3.8) is 0 Å². The fourth-order valence-electron chi connectivity index (χ4n) is 3.55. The van der Waals surface area contributed by atoms with Crippen molar-refractivity contribution >= 4 is 0 Å². The van der Waals surface area contributed by atoms with Crippen LogP contribution in [0.3, 0.4) is 0 Å². The van der Waals surface area contributed by atoms with E-state index in [1.807, 2.05) is 0 Å². The van der Waals surface area contributed by atoms with Gasteiger partial charge in [-0.05, 0) is 56.5 Å². The summed E-state index contributed by atoms with van der Waals surface area (Å²) in [6.45, 7) is 5.80. The maximum atomic E-state index is 6.08. The van der Waals surface area contributed by atoms with Crippen molar-refractivity contribution in [2.45, 2.75) is 51.9 Å². The Hall–Kier alpha value is -0.0800. The van der Waals surface area contributed by atoms with Gasteiger partial charge in [-0.2, -0.15) is 0 Å². The second-order valence-corrected chi connectivity index (χ2v) is 6.88. The van der Waals surface area contributed by atoms with Gasteiger partial charge < -0.3 is 10.6 Å². The van der Waals surface area contributed by atoms with Gasteiger partial charge in [-0.15, -0.1) is 0 Å². The van der Waals surface area contributed by atoms with Gasteiger partial charge in [0.15, 0.2) is 0 Å². The minimum atomic E-state index is 0.436. The summed E-state index contributed by atoms with van der Waals surface area (Å²) >= 11 is 0. The molecule has 100 valence electrons. The standard InChI is InChI=1S/C15H30N2/c1-13-6-8-15(11-16,9-7-13)12-17(2)10-14-4-3-5-14/h13-14H,3-12,16H2,1-2H3. The Morgan fingerprint density at radius 2 is 1.82 bits per heavy atom. The van der Waals surface area contributed by atoms with Crippen LogP contribution >= 0.6 is 0 Å². The van der Waals surface area contributed by atoms with Crippen LogP contribution in [0.15, 0.2) is 0 Å². The normalized spacial score (nSPS) is 34.9. The van der Waals surface area contributed by atoms with Crippen LogP contribution in [-0.4, -0.2) is 31.6 Å². The van der Waals surface area contributed by atoms with Crippen LogP contribution in [0, 0.1) is 17.3 Å². The van der Waals surface area contributed by atoms with Gasteiger partial charge in [0.05, 0.1) is 0 Å². The van der Waals surface area contributed by atoms with E-state index in [4.69, 9.17) is 5.73 Å². The third-order valence-corrected chi connectivity index (χ3v) is 5.17.